The number of benzene rings is 2. The molecule has 6 nitrogen and oxygen atoms in total. The molecule has 1 amide bonds. The Balaban J connectivity index is 1.49. The summed E-state index contributed by atoms with van der Waals surface area (Å²) in [6.07, 6.45) is 3.72. The summed E-state index contributed by atoms with van der Waals surface area (Å²) in [6.45, 7) is 4.17. The number of rotatable bonds is 5. The van der Waals surface area contributed by atoms with Gasteiger partial charge in [-0.1, -0.05) is 37.3 Å². The molecule has 3 aromatic rings. The van der Waals surface area contributed by atoms with E-state index >= 15 is 0 Å². The van der Waals surface area contributed by atoms with Crippen molar-refractivity contribution in [3.05, 3.63) is 72.7 Å². The number of para-hydroxylation sites is 3. The van der Waals surface area contributed by atoms with Gasteiger partial charge in [0.1, 0.15) is 23.6 Å². The molecule has 0 unspecified atom stereocenters. The number of ether oxygens (including phenoxy) is 1. The molecule has 6 heteroatoms. The zero-order valence-corrected chi connectivity index (χ0v) is 16.4. The largest absolute Gasteiger partial charge is 0.455 e. The highest BCUT2D eigenvalue weighted by molar-refractivity contribution is 6.04. The standard InChI is InChI=1S/C23H24N4O2/c1-17-11-13-27(14-12-17)22-15-20(24-16-25-22)23(28)26-19-9-5-6-10-21(19)29-18-7-3-2-4-8-18/h2-10,15-17H,11-14H2,1H3,(H,26,28). The number of carbonyl (C=O) groups excluding carboxylic acids is 1. The molecule has 1 N–H and O–H groups in total. The fourth-order valence-corrected chi connectivity index (χ4v) is 3.34. The van der Waals surface area contributed by atoms with Gasteiger partial charge >= 0.3 is 0 Å². The third-order valence-electron chi connectivity index (χ3n) is 5.10. The number of hydrogen-bond donors (Lipinski definition) is 1. The van der Waals surface area contributed by atoms with Crippen LogP contribution in [0.25, 0.3) is 0 Å². The highest BCUT2D eigenvalue weighted by Crippen LogP contribution is 2.29. The lowest BCUT2D eigenvalue weighted by molar-refractivity contribution is 0.102. The number of nitrogens with zero attached hydrogens (tertiary/aromatic N) is 3. The van der Waals surface area contributed by atoms with Crippen molar-refractivity contribution in [2.75, 3.05) is 23.3 Å². The van der Waals surface area contributed by atoms with Crippen LogP contribution in [-0.4, -0.2) is 29.0 Å². The molecule has 2 aromatic carbocycles. The molecule has 1 saturated heterocycles. The van der Waals surface area contributed by atoms with Gasteiger partial charge in [0.2, 0.25) is 0 Å². The van der Waals surface area contributed by atoms with Gasteiger partial charge in [-0.2, -0.15) is 0 Å². The van der Waals surface area contributed by atoms with Gasteiger partial charge in [-0.15, -0.1) is 0 Å². The monoisotopic (exact) mass is 388 g/mol. The van der Waals surface area contributed by atoms with E-state index in [2.05, 4.69) is 27.1 Å². The van der Waals surface area contributed by atoms with E-state index in [-0.39, 0.29) is 5.91 Å². The minimum absolute atomic E-state index is 0.289. The van der Waals surface area contributed by atoms with Crippen molar-refractivity contribution in [2.24, 2.45) is 5.92 Å². The summed E-state index contributed by atoms with van der Waals surface area (Å²) in [5, 5.41) is 2.91. The van der Waals surface area contributed by atoms with Crippen molar-refractivity contribution in [3.63, 3.8) is 0 Å². The molecule has 1 aliphatic rings. The predicted octanol–water partition coefficient (Wildman–Crippen LogP) is 4.76. The lowest BCUT2D eigenvalue weighted by Crippen LogP contribution is -2.33. The minimum atomic E-state index is -0.289. The van der Waals surface area contributed by atoms with Gasteiger partial charge in [0.05, 0.1) is 5.69 Å². The molecule has 1 aromatic heterocycles. The minimum Gasteiger partial charge on any atom is -0.455 e. The zero-order valence-electron chi connectivity index (χ0n) is 16.4. The van der Waals surface area contributed by atoms with E-state index in [1.807, 2.05) is 54.6 Å². The second kappa shape index (κ2) is 8.73. The molecule has 0 radical (unpaired) electrons. The van der Waals surface area contributed by atoms with Crippen LogP contribution >= 0.6 is 0 Å². The van der Waals surface area contributed by atoms with Gasteiger partial charge in [-0.3, -0.25) is 4.79 Å². The Hall–Kier alpha value is -3.41. The first-order chi connectivity index (χ1) is 14.2. The zero-order chi connectivity index (χ0) is 20.1. The molecule has 2 heterocycles. The van der Waals surface area contributed by atoms with Gasteiger partial charge < -0.3 is 15.0 Å². The molecule has 148 valence electrons. The molecule has 0 spiro atoms. The van der Waals surface area contributed by atoms with Crippen molar-refractivity contribution in [2.45, 2.75) is 19.8 Å². The van der Waals surface area contributed by atoms with E-state index in [0.717, 1.165) is 37.7 Å². The summed E-state index contributed by atoms with van der Waals surface area (Å²) in [4.78, 5) is 23.6. The van der Waals surface area contributed by atoms with E-state index < -0.39 is 0 Å². The van der Waals surface area contributed by atoms with Crippen LogP contribution in [0, 0.1) is 5.92 Å². The first kappa shape index (κ1) is 18.9. The maximum absolute atomic E-state index is 12.8. The van der Waals surface area contributed by atoms with Gasteiger partial charge in [-0.05, 0) is 43.0 Å². The third-order valence-corrected chi connectivity index (χ3v) is 5.10. The second-order valence-corrected chi connectivity index (χ2v) is 7.30. The number of hydrogen-bond acceptors (Lipinski definition) is 5. The predicted molar refractivity (Wildman–Crippen MR) is 114 cm³/mol. The van der Waals surface area contributed by atoms with E-state index in [4.69, 9.17) is 4.74 Å². The molecule has 29 heavy (non-hydrogen) atoms. The summed E-state index contributed by atoms with van der Waals surface area (Å²) in [5.41, 5.74) is 0.927. The average molecular weight is 388 g/mol. The van der Waals surface area contributed by atoms with Crippen molar-refractivity contribution >= 4 is 17.4 Å². The fraction of sp³-hybridized carbons (Fsp3) is 0.261. The van der Waals surface area contributed by atoms with Gasteiger partial charge in [0, 0.05) is 19.2 Å². The smallest absolute Gasteiger partial charge is 0.274 e. The van der Waals surface area contributed by atoms with Crippen LogP contribution in [0.3, 0.4) is 0 Å². The molecule has 0 saturated carbocycles. The molecule has 4 rings (SSSR count). The van der Waals surface area contributed by atoms with E-state index in [1.54, 1.807) is 6.07 Å². The van der Waals surface area contributed by atoms with Crippen LogP contribution in [-0.2, 0) is 0 Å². The molecule has 0 bridgehead atoms. The van der Waals surface area contributed by atoms with Crippen LogP contribution in [0.15, 0.2) is 67.0 Å². The molecule has 0 atom stereocenters. The summed E-state index contributed by atoms with van der Waals surface area (Å²) in [7, 11) is 0. The Labute approximate surface area is 170 Å². The van der Waals surface area contributed by atoms with Crippen LogP contribution in [0.1, 0.15) is 30.3 Å². The Morgan fingerprint density at radius 2 is 1.76 bits per heavy atom. The normalized spacial score (nSPS) is 14.4. The quantitative estimate of drug-likeness (QED) is 0.683. The van der Waals surface area contributed by atoms with E-state index in [1.165, 1.54) is 6.33 Å². The number of nitrogens with one attached hydrogen (secondary N) is 1. The molecular formula is C23H24N4O2. The van der Waals surface area contributed by atoms with Crippen LogP contribution in [0.5, 0.6) is 11.5 Å². The van der Waals surface area contributed by atoms with Crippen LogP contribution in [0.2, 0.25) is 0 Å². The average Bonchev–Trinajstić information content (AvgIpc) is 2.76. The van der Waals surface area contributed by atoms with E-state index in [9.17, 15) is 4.79 Å². The summed E-state index contributed by atoms with van der Waals surface area (Å²) >= 11 is 0. The van der Waals surface area contributed by atoms with Gasteiger partial charge in [-0.25, -0.2) is 9.97 Å². The SMILES string of the molecule is CC1CCN(c2cc(C(=O)Nc3ccccc3Oc3ccccc3)ncn2)CC1. The van der Waals surface area contributed by atoms with Gasteiger partial charge in [0.25, 0.3) is 5.91 Å². The highest BCUT2D eigenvalue weighted by atomic mass is 16.5. The second-order valence-electron chi connectivity index (χ2n) is 7.30. The maximum atomic E-state index is 12.8. The number of aromatic nitrogens is 2. The number of carbonyl (C=O) groups is 1. The molecular weight excluding hydrogens is 364 g/mol. The lowest BCUT2D eigenvalue weighted by atomic mass is 9.99. The Morgan fingerprint density at radius 1 is 1.03 bits per heavy atom. The lowest BCUT2D eigenvalue weighted by Gasteiger charge is -2.31. The van der Waals surface area contributed by atoms with E-state index in [0.29, 0.717) is 22.9 Å². The van der Waals surface area contributed by atoms with Crippen molar-refractivity contribution in [3.8, 4) is 11.5 Å². The van der Waals surface area contributed by atoms with Crippen molar-refractivity contribution in [1.82, 2.24) is 9.97 Å². The molecule has 1 fully saturated rings. The third kappa shape index (κ3) is 4.71. The Kier molecular flexibility index (Phi) is 5.70. The Morgan fingerprint density at radius 3 is 2.55 bits per heavy atom. The number of amides is 1. The first-order valence-electron chi connectivity index (χ1n) is 9.89. The molecule has 0 aliphatic carbocycles. The van der Waals surface area contributed by atoms with Crippen molar-refractivity contribution in [1.29, 1.82) is 0 Å². The Bertz CT molecular complexity index is 969. The summed E-state index contributed by atoms with van der Waals surface area (Å²) in [5.74, 6) is 2.52. The first-order valence-corrected chi connectivity index (χ1v) is 9.89. The highest BCUT2D eigenvalue weighted by Gasteiger charge is 2.19. The van der Waals surface area contributed by atoms with Crippen LogP contribution < -0.4 is 15.0 Å². The number of piperidine rings is 1. The van der Waals surface area contributed by atoms with Crippen LogP contribution in [0.4, 0.5) is 11.5 Å². The number of anilines is 2. The topological polar surface area (TPSA) is 67.4 Å². The van der Waals surface area contributed by atoms with Crippen molar-refractivity contribution < 1.29 is 9.53 Å². The fourth-order valence-electron chi connectivity index (χ4n) is 3.34. The van der Waals surface area contributed by atoms with Gasteiger partial charge in [0.15, 0.2) is 5.75 Å². The maximum Gasteiger partial charge on any atom is 0.274 e. The summed E-state index contributed by atoms with van der Waals surface area (Å²) in [6, 6.07) is 18.6. The summed E-state index contributed by atoms with van der Waals surface area (Å²) < 4.78 is 5.92. The molecule has 1 aliphatic heterocycles.